The Morgan fingerprint density at radius 2 is 1.88 bits per heavy atom. The minimum Gasteiger partial charge on any atom is -0.481 e. The van der Waals surface area contributed by atoms with Crippen LogP contribution < -0.4 is 9.47 Å². The van der Waals surface area contributed by atoms with Gasteiger partial charge in [-0.05, 0) is 24.3 Å². The van der Waals surface area contributed by atoms with Crippen LogP contribution in [0, 0.1) is 0 Å². The maximum absolute atomic E-state index is 6.05. The number of fused-ring (bicyclic) bond motifs is 1. The SMILES string of the molecule is COc1ncccc1CN1Cc2cccn2C[C@@H](Oc2ncccn2)C1. The van der Waals surface area contributed by atoms with E-state index >= 15 is 0 Å². The van der Waals surface area contributed by atoms with Crippen LogP contribution in [0.15, 0.2) is 55.1 Å². The van der Waals surface area contributed by atoms with Crippen molar-refractivity contribution < 1.29 is 9.47 Å². The first-order valence-electron chi connectivity index (χ1n) is 8.60. The highest BCUT2D eigenvalue weighted by Gasteiger charge is 2.24. The highest BCUT2D eigenvalue weighted by Crippen LogP contribution is 2.21. The number of pyridine rings is 1. The van der Waals surface area contributed by atoms with E-state index in [2.05, 4.69) is 42.7 Å². The molecule has 0 radical (unpaired) electrons. The lowest BCUT2D eigenvalue weighted by Crippen LogP contribution is -2.35. The van der Waals surface area contributed by atoms with E-state index in [0.717, 1.165) is 31.7 Å². The van der Waals surface area contributed by atoms with Crippen LogP contribution in [0.4, 0.5) is 0 Å². The first kappa shape index (κ1) is 16.5. The molecule has 0 aliphatic carbocycles. The van der Waals surface area contributed by atoms with E-state index in [-0.39, 0.29) is 6.10 Å². The molecule has 134 valence electrons. The Labute approximate surface area is 152 Å². The van der Waals surface area contributed by atoms with Gasteiger partial charge in [-0.25, -0.2) is 15.0 Å². The van der Waals surface area contributed by atoms with Crippen molar-refractivity contribution in [1.82, 2.24) is 24.4 Å². The molecule has 0 amide bonds. The third-order valence-electron chi connectivity index (χ3n) is 4.42. The summed E-state index contributed by atoms with van der Waals surface area (Å²) in [5.74, 6) is 0.663. The van der Waals surface area contributed by atoms with E-state index in [1.165, 1.54) is 5.69 Å². The summed E-state index contributed by atoms with van der Waals surface area (Å²) < 4.78 is 13.7. The number of hydrogen-bond donors (Lipinski definition) is 0. The summed E-state index contributed by atoms with van der Waals surface area (Å²) in [7, 11) is 1.65. The van der Waals surface area contributed by atoms with Crippen LogP contribution in [0.3, 0.4) is 0 Å². The van der Waals surface area contributed by atoms with Crippen LogP contribution in [0.2, 0.25) is 0 Å². The van der Waals surface area contributed by atoms with Gasteiger partial charge in [-0.15, -0.1) is 0 Å². The van der Waals surface area contributed by atoms with Crippen LogP contribution in [0.1, 0.15) is 11.3 Å². The summed E-state index contributed by atoms with van der Waals surface area (Å²) in [6.45, 7) is 3.09. The smallest absolute Gasteiger partial charge is 0.316 e. The average molecular weight is 351 g/mol. The van der Waals surface area contributed by atoms with E-state index in [1.54, 1.807) is 31.8 Å². The highest BCUT2D eigenvalue weighted by molar-refractivity contribution is 5.25. The molecule has 0 unspecified atom stereocenters. The normalized spacial score (nSPS) is 17.3. The third kappa shape index (κ3) is 3.67. The Kier molecular flexibility index (Phi) is 4.79. The van der Waals surface area contributed by atoms with Crippen LogP contribution in [0.5, 0.6) is 11.9 Å². The number of rotatable bonds is 5. The first-order chi connectivity index (χ1) is 12.8. The van der Waals surface area contributed by atoms with E-state index < -0.39 is 0 Å². The van der Waals surface area contributed by atoms with Gasteiger partial charge >= 0.3 is 6.01 Å². The molecule has 0 saturated carbocycles. The Hall–Kier alpha value is -2.93. The van der Waals surface area contributed by atoms with Crippen molar-refractivity contribution in [1.29, 1.82) is 0 Å². The number of ether oxygens (including phenoxy) is 2. The van der Waals surface area contributed by atoms with Gasteiger partial charge in [0.1, 0.15) is 6.10 Å². The third-order valence-corrected chi connectivity index (χ3v) is 4.42. The quantitative estimate of drug-likeness (QED) is 0.702. The molecule has 0 fully saturated rings. The molecule has 0 bridgehead atoms. The predicted octanol–water partition coefficient (Wildman–Crippen LogP) is 2.15. The maximum Gasteiger partial charge on any atom is 0.316 e. The van der Waals surface area contributed by atoms with E-state index in [4.69, 9.17) is 9.47 Å². The summed E-state index contributed by atoms with van der Waals surface area (Å²) in [6.07, 6.45) is 7.17. The second-order valence-corrected chi connectivity index (χ2v) is 6.26. The van der Waals surface area contributed by atoms with Gasteiger partial charge in [0.15, 0.2) is 0 Å². The predicted molar refractivity (Wildman–Crippen MR) is 95.8 cm³/mol. The minimum absolute atomic E-state index is 0.0475. The van der Waals surface area contributed by atoms with Gasteiger partial charge in [0, 0.05) is 55.7 Å². The molecular formula is C19H21N5O2. The summed E-state index contributed by atoms with van der Waals surface area (Å²) in [5.41, 5.74) is 2.32. The molecule has 7 heteroatoms. The highest BCUT2D eigenvalue weighted by atomic mass is 16.5. The van der Waals surface area contributed by atoms with Gasteiger partial charge in [0.05, 0.1) is 13.7 Å². The largest absolute Gasteiger partial charge is 0.481 e. The molecule has 7 nitrogen and oxygen atoms in total. The summed E-state index contributed by atoms with van der Waals surface area (Å²) in [5, 5.41) is 0. The molecule has 1 atom stereocenters. The van der Waals surface area contributed by atoms with Crippen molar-refractivity contribution in [3.8, 4) is 11.9 Å². The first-order valence-corrected chi connectivity index (χ1v) is 8.60. The molecule has 1 aliphatic rings. The monoisotopic (exact) mass is 351 g/mol. The Balaban J connectivity index is 1.56. The maximum atomic E-state index is 6.05. The lowest BCUT2D eigenvalue weighted by Gasteiger charge is -2.24. The lowest BCUT2D eigenvalue weighted by molar-refractivity contribution is 0.114. The fraction of sp³-hybridized carbons (Fsp3) is 0.316. The molecule has 3 aromatic rings. The molecule has 1 aliphatic heterocycles. The molecule has 4 rings (SSSR count). The molecular weight excluding hydrogens is 330 g/mol. The van der Waals surface area contributed by atoms with Crippen LogP contribution >= 0.6 is 0 Å². The minimum atomic E-state index is -0.0475. The van der Waals surface area contributed by atoms with Crippen molar-refractivity contribution in [2.45, 2.75) is 25.7 Å². The zero-order valence-corrected chi connectivity index (χ0v) is 14.7. The zero-order chi connectivity index (χ0) is 17.8. The number of methoxy groups -OCH3 is 1. The van der Waals surface area contributed by atoms with Gasteiger partial charge in [-0.3, -0.25) is 4.90 Å². The lowest BCUT2D eigenvalue weighted by atomic mass is 10.2. The molecule has 0 spiro atoms. The van der Waals surface area contributed by atoms with Crippen molar-refractivity contribution in [3.05, 3.63) is 66.4 Å². The van der Waals surface area contributed by atoms with Gasteiger partial charge in [0.2, 0.25) is 5.88 Å². The number of hydrogen-bond acceptors (Lipinski definition) is 6. The van der Waals surface area contributed by atoms with Crippen LogP contribution in [-0.2, 0) is 19.6 Å². The molecule has 4 heterocycles. The Morgan fingerprint density at radius 1 is 1.04 bits per heavy atom. The van der Waals surface area contributed by atoms with Crippen molar-refractivity contribution in [3.63, 3.8) is 0 Å². The van der Waals surface area contributed by atoms with Crippen molar-refractivity contribution in [2.24, 2.45) is 0 Å². The van der Waals surface area contributed by atoms with Gasteiger partial charge < -0.3 is 14.0 Å². The molecule has 0 saturated heterocycles. The summed E-state index contributed by atoms with van der Waals surface area (Å²) in [6, 6.07) is 10.4. The fourth-order valence-corrected chi connectivity index (χ4v) is 3.29. The van der Waals surface area contributed by atoms with Crippen molar-refractivity contribution >= 4 is 0 Å². The fourth-order valence-electron chi connectivity index (χ4n) is 3.29. The molecule has 3 aromatic heterocycles. The van der Waals surface area contributed by atoms with Crippen LogP contribution in [-0.4, -0.2) is 44.2 Å². The standard InChI is InChI=1S/C19H21N5O2/c1-25-18-15(5-2-7-20-18)11-23-12-16-6-3-10-24(16)14-17(13-23)26-19-21-8-4-9-22-19/h2-10,17H,11-14H2,1H3/t17-/m0/s1. The van der Waals surface area contributed by atoms with Gasteiger partial charge in [-0.1, -0.05) is 6.07 Å². The second-order valence-electron chi connectivity index (χ2n) is 6.26. The van der Waals surface area contributed by atoms with E-state index in [0.29, 0.717) is 11.9 Å². The number of nitrogens with zero attached hydrogens (tertiary/aromatic N) is 5. The number of aromatic nitrogens is 4. The Morgan fingerprint density at radius 3 is 2.73 bits per heavy atom. The topological polar surface area (TPSA) is 65.3 Å². The molecule has 0 N–H and O–H groups in total. The van der Waals surface area contributed by atoms with Crippen LogP contribution in [0.25, 0.3) is 0 Å². The average Bonchev–Trinajstić information content (AvgIpc) is 3.02. The van der Waals surface area contributed by atoms with Gasteiger partial charge in [0.25, 0.3) is 0 Å². The Bertz CT molecular complexity index is 852. The second kappa shape index (κ2) is 7.53. The summed E-state index contributed by atoms with van der Waals surface area (Å²) >= 11 is 0. The van der Waals surface area contributed by atoms with E-state index in [9.17, 15) is 0 Å². The van der Waals surface area contributed by atoms with Crippen molar-refractivity contribution in [2.75, 3.05) is 13.7 Å². The van der Waals surface area contributed by atoms with E-state index in [1.807, 2.05) is 12.1 Å². The summed E-state index contributed by atoms with van der Waals surface area (Å²) in [4.78, 5) is 15.0. The molecule has 26 heavy (non-hydrogen) atoms. The molecule has 0 aromatic carbocycles. The van der Waals surface area contributed by atoms with Gasteiger partial charge in [-0.2, -0.15) is 0 Å². The zero-order valence-electron chi connectivity index (χ0n) is 14.7.